The van der Waals surface area contributed by atoms with Gasteiger partial charge in [0, 0.05) is 0 Å². The summed E-state index contributed by atoms with van der Waals surface area (Å²) < 4.78 is 11.3. The first-order valence-electron chi connectivity index (χ1n) is 6.59. The van der Waals surface area contributed by atoms with Gasteiger partial charge in [-0.25, -0.2) is 0 Å². The second kappa shape index (κ2) is 7.09. The Kier molecular flexibility index (Phi) is 5.17. The molecule has 0 bridgehead atoms. The molecule has 0 radical (unpaired) electrons. The molecule has 5 heteroatoms. The number of alkyl halides is 1. The third kappa shape index (κ3) is 4.46. The molecule has 0 aliphatic heterocycles. The lowest BCUT2D eigenvalue weighted by atomic mass is 10.2. The van der Waals surface area contributed by atoms with Crippen LogP contribution in [0.1, 0.15) is 24.9 Å². The normalized spacial score (nSPS) is 12.0. The molecule has 0 saturated carbocycles. The molecule has 2 aromatic carbocycles. The first-order chi connectivity index (χ1) is 10.1. The predicted molar refractivity (Wildman–Crippen MR) is 83.1 cm³/mol. The van der Waals surface area contributed by atoms with Crippen LogP contribution < -0.4 is 9.47 Å². The Morgan fingerprint density at radius 3 is 1.86 bits per heavy atom. The van der Waals surface area contributed by atoms with Gasteiger partial charge in [0.2, 0.25) is 0 Å². The molecule has 0 spiro atoms. The number of ether oxygens (including phenoxy) is 2. The standard InChI is InChI=1S/C16H16ClNO3/c1-11(2)20-13-7-9-15(10-8-13)21-14-5-3-12(4-6-14)16(17)18-19/h3-11,16H,1-2H3. The van der Waals surface area contributed by atoms with Crippen LogP contribution in [0, 0.1) is 4.91 Å². The molecule has 0 fully saturated rings. The van der Waals surface area contributed by atoms with Crippen LogP contribution in [0.5, 0.6) is 17.2 Å². The van der Waals surface area contributed by atoms with E-state index in [0.717, 1.165) is 5.75 Å². The topological polar surface area (TPSA) is 47.9 Å². The van der Waals surface area contributed by atoms with Crippen molar-refractivity contribution in [1.82, 2.24) is 0 Å². The van der Waals surface area contributed by atoms with Crippen molar-refractivity contribution >= 4 is 11.6 Å². The quantitative estimate of drug-likeness (QED) is 0.415. The summed E-state index contributed by atoms with van der Waals surface area (Å²) in [6.07, 6.45) is 0.138. The molecule has 0 amide bonds. The fourth-order valence-corrected chi connectivity index (χ4v) is 1.90. The van der Waals surface area contributed by atoms with Crippen LogP contribution in [0.15, 0.2) is 53.7 Å². The number of benzene rings is 2. The third-order valence-electron chi connectivity index (χ3n) is 2.68. The van der Waals surface area contributed by atoms with Gasteiger partial charge in [0.1, 0.15) is 17.2 Å². The maximum Gasteiger partial charge on any atom is 0.190 e. The van der Waals surface area contributed by atoms with Crippen LogP contribution in [0.3, 0.4) is 0 Å². The van der Waals surface area contributed by atoms with Crippen LogP contribution in [0.4, 0.5) is 0 Å². The van der Waals surface area contributed by atoms with Gasteiger partial charge in [-0.05, 0) is 61.0 Å². The maximum absolute atomic E-state index is 10.4. The first kappa shape index (κ1) is 15.3. The zero-order valence-corrected chi connectivity index (χ0v) is 12.6. The molecule has 4 nitrogen and oxygen atoms in total. The molecular weight excluding hydrogens is 290 g/mol. The lowest BCUT2D eigenvalue weighted by molar-refractivity contribution is 0.242. The molecule has 0 N–H and O–H groups in total. The Labute approximate surface area is 128 Å². The highest BCUT2D eigenvalue weighted by molar-refractivity contribution is 6.20. The number of rotatable bonds is 6. The smallest absolute Gasteiger partial charge is 0.190 e. The summed E-state index contributed by atoms with van der Waals surface area (Å²) in [7, 11) is 0. The van der Waals surface area contributed by atoms with Gasteiger partial charge in [-0.1, -0.05) is 23.7 Å². The molecular formula is C16H16ClNO3. The SMILES string of the molecule is CC(C)Oc1ccc(Oc2ccc(C(Cl)N=O)cc2)cc1. The second-order valence-corrected chi connectivity index (χ2v) is 5.16. The number of nitrogens with zero attached hydrogens (tertiary/aromatic N) is 1. The summed E-state index contributed by atoms with van der Waals surface area (Å²) >= 11 is 5.73. The van der Waals surface area contributed by atoms with Crippen molar-refractivity contribution < 1.29 is 9.47 Å². The monoisotopic (exact) mass is 305 g/mol. The molecule has 1 atom stereocenters. The fourth-order valence-electron chi connectivity index (χ4n) is 1.75. The van der Waals surface area contributed by atoms with Crippen molar-refractivity contribution in [2.75, 3.05) is 0 Å². The minimum Gasteiger partial charge on any atom is -0.491 e. The van der Waals surface area contributed by atoms with Crippen molar-refractivity contribution in [3.8, 4) is 17.2 Å². The average Bonchev–Trinajstić information content (AvgIpc) is 2.49. The van der Waals surface area contributed by atoms with E-state index in [9.17, 15) is 4.91 Å². The predicted octanol–water partition coefficient (Wildman–Crippen LogP) is 5.27. The van der Waals surface area contributed by atoms with Crippen molar-refractivity contribution in [3.05, 3.63) is 59.0 Å². The summed E-state index contributed by atoms with van der Waals surface area (Å²) in [6, 6.07) is 14.3. The van der Waals surface area contributed by atoms with Gasteiger partial charge >= 0.3 is 0 Å². The van der Waals surface area contributed by atoms with Crippen LogP contribution in [-0.2, 0) is 0 Å². The lowest BCUT2D eigenvalue weighted by Gasteiger charge is -2.11. The van der Waals surface area contributed by atoms with Crippen LogP contribution in [-0.4, -0.2) is 6.10 Å². The summed E-state index contributed by atoms with van der Waals surface area (Å²) in [4.78, 5) is 10.4. The van der Waals surface area contributed by atoms with Gasteiger partial charge in [0.15, 0.2) is 5.50 Å². The van der Waals surface area contributed by atoms with Gasteiger partial charge < -0.3 is 9.47 Å². The molecule has 2 aromatic rings. The highest BCUT2D eigenvalue weighted by Gasteiger charge is 2.07. The van der Waals surface area contributed by atoms with Gasteiger partial charge in [-0.3, -0.25) is 0 Å². The van der Waals surface area contributed by atoms with Crippen molar-refractivity contribution in [1.29, 1.82) is 0 Å². The van der Waals surface area contributed by atoms with Crippen molar-refractivity contribution in [3.63, 3.8) is 0 Å². The minimum absolute atomic E-state index is 0.138. The summed E-state index contributed by atoms with van der Waals surface area (Å²) in [5, 5.41) is 2.77. The van der Waals surface area contributed by atoms with E-state index in [2.05, 4.69) is 5.18 Å². The minimum atomic E-state index is -0.869. The zero-order chi connectivity index (χ0) is 15.2. The molecule has 0 heterocycles. The highest BCUT2D eigenvalue weighted by Crippen LogP contribution is 2.27. The van der Waals surface area contributed by atoms with E-state index in [0.29, 0.717) is 17.1 Å². The molecule has 21 heavy (non-hydrogen) atoms. The van der Waals surface area contributed by atoms with Gasteiger partial charge in [0.05, 0.1) is 6.10 Å². The van der Waals surface area contributed by atoms with Crippen LogP contribution >= 0.6 is 11.6 Å². The Hall–Kier alpha value is -2.07. The molecule has 0 aromatic heterocycles. The summed E-state index contributed by atoms with van der Waals surface area (Å²) in [5.74, 6) is 2.16. The van der Waals surface area contributed by atoms with Crippen LogP contribution in [0.25, 0.3) is 0 Å². The molecule has 0 aliphatic carbocycles. The van der Waals surface area contributed by atoms with E-state index in [1.807, 2.05) is 38.1 Å². The number of hydrogen-bond donors (Lipinski definition) is 0. The van der Waals surface area contributed by atoms with E-state index in [-0.39, 0.29) is 6.10 Å². The summed E-state index contributed by atoms with van der Waals surface area (Å²) in [5.41, 5.74) is -0.230. The lowest BCUT2D eigenvalue weighted by Crippen LogP contribution is -2.05. The van der Waals surface area contributed by atoms with Crippen LogP contribution in [0.2, 0.25) is 0 Å². The average molecular weight is 306 g/mol. The molecule has 2 rings (SSSR count). The Morgan fingerprint density at radius 1 is 0.905 bits per heavy atom. The van der Waals surface area contributed by atoms with Gasteiger partial charge in [0.25, 0.3) is 0 Å². The van der Waals surface area contributed by atoms with Crippen molar-refractivity contribution in [2.24, 2.45) is 5.18 Å². The van der Waals surface area contributed by atoms with Gasteiger partial charge in [-0.2, -0.15) is 0 Å². The van der Waals surface area contributed by atoms with E-state index in [1.54, 1.807) is 24.3 Å². The highest BCUT2D eigenvalue weighted by atomic mass is 35.5. The van der Waals surface area contributed by atoms with E-state index >= 15 is 0 Å². The van der Waals surface area contributed by atoms with Gasteiger partial charge in [-0.15, -0.1) is 4.91 Å². The van der Waals surface area contributed by atoms with E-state index in [4.69, 9.17) is 21.1 Å². The molecule has 0 saturated heterocycles. The van der Waals surface area contributed by atoms with E-state index < -0.39 is 5.50 Å². The molecule has 1 unspecified atom stereocenters. The number of hydrogen-bond acceptors (Lipinski definition) is 4. The largest absolute Gasteiger partial charge is 0.491 e. The third-order valence-corrected chi connectivity index (χ3v) is 3.01. The van der Waals surface area contributed by atoms with E-state index in [1.165, 1.54) is 0 Å². The number of nitroso groups, excluding NO2 is 1. The fraction of sp³-hybridized carbons (Fsp3) is 0.250. The summed E-state index contributed by atoms with van der Waals surface area (Å²) in [6.45, 7) is 3.95. The molecule has 0 aliphatic rings. The second-order valence-electron chi connectivity index (χ2n) is 4.75. The Balaban J connectivity index is 2.02. The molecule has 110 valence electrons. The first-order valence-corrected chi connectivity index (χ1v) is 7.03. The van der Waals surface area contributed by atoms with Crippen molar-refractivity contribution in [2.45, 2.75) is 25.5 Å². The Morgan fingerprint density at radius 2 is 1.38 bits per heavy atom. The number of halogens is 1. The maximum atomic E-state index is 10.4. The Bertz CT molecular complexity index is 581. The zero-order valence-electron chi connectivity index (χ0n) is 11.8.